The summed E-state index contributed by atoms with van der Waals surface area (Å²) in [7, 11) is 1.92. The van der Waals surface area contributed by atoms with E-state index in [4.69, 9.17) is 5.11 Å². The van der Waals surface area contributed by atoms with Crippen molar-refractivity contribution < 1.29 is 9.90 Å². The van der Waals surface area contributed by atoms with Crippen LogP contribution in [0, 0.1) is 12.8 Å². The second kappa shape index (κ2) is 3.12. The van der Waals surface area contributed by atoms with Crippen LogP contribution in [0.4, 0.5) is 0 Å². The molecule has 1 heterocycles. The molecule has 1 aromatic heterocycles. The molecule has 2 rings (SSSR count). The molecule has 1 atom stereocenters. The van der Waals surface area contributed by atoms with Crippen LogP contribution in [0.5, 0.6) is 0 Å². The maximum Gasteiger partial charge on any atom is 0.306 e. The molecule has 0 saturated heterocycles. The molecule has 0 amide bonds. The smallest absolute Gasteiger partial charge is 0.306 e. The van der Waals surface area contributed by atoms with Gasteiger partial charge in [-0.1, -0.05) is 0 Å². The third-order valence-electron chi connectivity index (χ3n) is 3.01. The number of hydrogen-bond donors (Lipinski definition) is 1. The first-order chi connectivity index (χ1) is 6.59. The number of carbonyl (C=O) groups is 1. The Kier molecular flexibility index (Phi) is 2.06. The first-order valence-electron chi connectivity index (χ1n) is 4.83. The number of aromatic nitrogens is 2. The number of rotatable bonds is 1. The van der Waals surface area contributed by atoms with Crippen molar-refractivity contribution in [1.29, 1.82) is 0 Å². The third kappa shape index (κ3) is 1.31. The molecule has 0 aromatic carbocycles. The molecule has 1 aromatic rings. The van der Waals surface area contributed by atoms with Crippen LogP contribution in [0.15, 0.2) is 0 Å². The molecule has 1 aliphatic rings. The van der Waals surface area contributed by atoms with Crippen molar-refractivity contribution in [3.63, 3.8) is 0 Å². The van der Waals surface area contributed by atoms with Gasteiger partial charge in [0, 0.05) is 12.7 Å². The lowest BCUT2D eigenvalue weighted by Gasteiger charge is -2.19. The van der Waals surface area contributed by atoms with E-state index < -0.39 is 5.97 Å². The van der Waals surface area contributed by atoms with Crippen molar-refractivity contribution in [2.45, 2.75) is 26.2 Å². The zero-order chi connectivity index (χ0) is 10.3. The van der Waals surface area contributed by atoms with Gasteiger partial charge >= 0.3 is 5.97 Å². The summed E-state index contributed by atoms with van der Waals surface area (Å²) in [4.78, 5) is 10.9. The molecule has 0 bridgehead atoms. The summed E-state index contributed by atoms with van der Waals surface area (Å²) in [6, 6.07) is 0. The number of aliphatic carboxylic acids is 1. The Morgan fingerprint density at radius 3 is 3.00 bits per heavy atom. The van der Waals surface area contributed by atoms with Crippen molar-refractivity contribution >= 4 is 5.97 Å². The fourth-order valence-corrected chi connectivity index (χ4v) is 2.20. The topological polar surface area (TPSA) is 55.1 Å². The summed E-state index contributed by atoms with van der Waals surface area (Å²) in [6.45, 7) is 1.95. The fraction of sp³-hybridized carbons (Fsp3) is 0.600. The Labute approximate surface area is 82.5 Å². The van der Waals surface area contributed by atoms with Crippen molar-refractivity contribution in [3.05, 3.63) is 17.0 Å². The zero-order valence-electron chi connectivity index (χ0n) is 8.45. The van der Waals surface area contributed by atoms with Crippen molar-refractivity contribution in [3.8, 4) is 0 Å². The fourth-order valence-electron chi connectivity index (χ4n) is 2.20. The molecule has 4 heteroatoms. The number of fused-ring (bicyclic) bond motifs is 1. The first kappa shape index (κ1) is 9.24. The lowest BCUT2D eigenvalue weighted by molar-refractivity contribution is -0.142. The molecule has 1 unspecified atom stereocenters. The van der Waals surface area contributed by atoms with E-state index in [9.17, 15) is 4.79 Å². The van der Waals surface area contributed by atoms with Crippen LogP contribution < -0.4 is 0 Å². The van der Waals surface area contributed by atoms with E-state index >= 15 is 0 Å². The van der Waals surface area contributed by atoms with Gasteiger partial charge in [0.1, 0.15) is 0 Å². The summed E-state index contributed by atoms with van der Waals surface area (Å²) in [5.74, 6) is -0.899. The highest BCUT2D eigenvalue weighted by atomic mass is 16.4. The molecule has 0 radical (unpaired) electrons. The zero-order valence-corrected chi connectivity index (χ0v) is 8.45. The second-order valence-corrected chi connectivity index (χ2v) is 3.91. The van der Waals surface area contributed by atoms with Gasteiger partial charge in [-0.25, -0.2) is 0 Å². The molecule has 1 N–H and O–H groups in total. The number of carboxylic acid groups (broad SMARTS) is 1. The van der Waals surface area contributed by atoms with E-state index in [2.05, 4.69) is 5.10 Å². The normalized spacial score (nSPS) is 20.6. The minimum Gasteiger partial charge on any atom is -0.481 e. The van der Waals surface area contributed by atoms with Crippen LogP contribution in [0.1, 0.15) is 23.4 Å². The van der Waals surface area contributed by atoms with Crippen LogP contribution in [0.3, 0.4) is 0 Å². The van der Waals surface area contributed by atoms with Crippen LogP contribution in [0.25, 0.3) is 0 Å². The molecule has 0 spiro atoms. The minimum atomic E-state index is -0.682. The highest BCUT2D eigenvalue weighted by Gasteiger charge is 2.27. The van der Waals surface area contributed by atoms with Gasteiger partial charge in [-0.15, -0.1) is 0 Å². The summed E-state index contributed by atoms with van der Waals surface area (Å²) in [5, 5.41) is 13.2. The molecule has 0 aliphatic heterocycles. The maximum absolute atomic E-state index is 10.9. The number of hydrogen-bond acceptors (Lipinski definition) is 2. The molecule has 1 aliphatic carbocycles. The quantitative estimate of drug-likeness (QED) is 0.723. The Hall–Kier alpha value is -1.32. The van der Waals surface area contributed by atoms with Gasteiger partial charge in [0.05, 0.1) is 11.6 Å². The van der Waals surface area contributed by atoms with Gasteiger partial charge in [0.25, 0.3) is 0 Å². The molecule has 4 nitrogen and oxygen atoms in total. The highest BCUT2D eigenvalue weighted by Crippen LogP contribution is 2.27. The predicted octanol–water partition coefficient (Wildman–Crippen LogP) is 0.918. The average Bonchev–Trinajstić information content (AvgIpc) is 2.42. The van der Waals surface area contributed by atoms with Gasteiger partial charge in [-0.05, 0) is 31.7 Å². The molecule has 14 heavy (non-hydrogen) atoms. The molecular weight excluding hydrogens is 180 g/mol. The second-order valence-electron chi connectivity index (χ2n) is 3.91. The van der Waals surface area contributed by atoms with E-state index in [1.807, 2.05) is 18.7 Å². The van der Waals surface area contributed by atoms with E-state index in [1.54, 1.807) is 0 Å². The van der Waals surface area contributed by atoms with Crippen LogP contribution >= 0.6 is 0 Å². The number of carboxylic acids is 1. The van der Waals surface area contributed by atoms with Gasteiger partial charge in [0.15, 0.2) is 0 Å². The van der Waals surface area contributed by atoms with Crippen molar-refractivity contribution in [2.75, 3.05) is 0 Å². The average molecular weight is 194 g/mol. The lowest BCUT2D eigenvalue weighted by Crippen LogP contribution is -2.22. The lowest BCUT2D eigenvalue weighted by atomic mass is 9.86. The highest BCUT2D eigenvalue weighted by molar-refractivity contribution is 5.71. The van der Waals surface area contributed by atoms with Crippen LogP contribution in [-0.4, -0.2) is 20.9 Å². The predicted molar refractivity (Wildman–Crippen MR) is 51.1 cm³/mol. The number of aryl methyl sites for hydroxylation is 2. The standard InChI is InChI=1S/C10H14N2O2/c1-6-8-5-7(10(13)14)3-4-9(8)12(2)11-6/h7H,3-5H2,1-2H3,(H,13,14). The summed E-state index contributed by atoms with van der Waals surface area (Å²) in [6.07, 6.45) is 2.22. The maximum atomic E-state index is 10.9. The SMILES string of the molecule is Cc1nn(C)c2c1CC(C(=O)O)CC2. The molecule has 0 fully saturated rings. The Morgan fingerprint density at radius 1 is 1.64 bits per heavy atom. The monoisotopic (exact) mass is 194 g/mol. The van der Waals surface area contributed by atoms with E-state index in [1.165, 1.54) is 5.69 Å². The largest absolute Gasteiger partial charge is 0.481 e. The van der Waals surface area contributed by atoms with Gasteiger partial charge in [0.2, 0.25) is 0 Å². The summed E-state index contributed by atoms with van der Waals surface area (Å²) in [5.41, 5.74) is 3.33. The molecular formula is C10H14N2O2. The Morgan fingerprint density at radius 2 is 2.36 bits per heavy atom. The first-order valence-corrected chi connectivity index (χ1v) is 4.83. The summed E-state index contributed by atoms with van der Waals surface area (Å²) >= 11 is 0. The summed E-state index contributed by atoms with van der Waals surface area (Å²) < 4.78 is 1.88. The van der Waals surface area contributed by atoms with Crippen LogP contribution in [-0.2, 0) is 24.7 Å². The van der Waals surface area contributed by atoms with Gasteiger partial charge < -0.3 is 5.11 Å². The van der Waals surface area contributed by atoms with Crippen LogP contribution in [0.2, 0.25) is 0 Å². The number of nitrogens with zero attached hydrogens (tertiary/aromatic N) is 2. The van der Waals surface area contributed by atoms with E-state index in [0.717, 1.165) is 24.1 Å². The Balaban J connectivity index is 2.34. The molecule has 76 valence electrons. The minimum absolute atomic E-state index is 0.217. The molecule has 0 saturated carbocycles. The van der Waals surface area contributed by atoms with Gasteiger partial charge in [-0.2, -0.15) is 5.10 Å². The van der Waals surface area contributed by atoms with E-state index in [-0.39, 0.29) is 5.92 Å². The van der Waals surface area contributed by atoms with Crippen molar-refractivity contribution in [1.82, 2.24) is 9.78 Å². The third-order valence-corrected chi connectivity index (χ3v) is 3.01. The van der Waals surface area contributed by atoms with E-state index in [0.29, 0.717) is 6.42 Å². The van der Waals surface area contributed by atoms with Crippen molar-refractivity contribution in [2.24, 2.45) is 13.0 Å². The van der Waals surface area contributed by atoms with Gasteiger partial charge in [-0.3, -0.25) is 9.48 Å². The Bertz CT molecular complexity index is 382.